The van der Waals surface area contributed by atoms with Crippen molar-refractivity contribution in [2.24, 2.45) is 0 Å². The Balaban J connectivity index is 0.000000921. The third-order valence-electron chi connectivity index (χ3n) is 1.74. The molecule has 0 radical (unpaired) electrons. The lowest BCUT2D eigenvalue weighted by Crippen LogP contribution is -2.03. The fourth-order valence-electron chi connectivity index (χ4n) is 1.04. The van der Waals surface area contributed by atoms with Gasteiger partial charge < -0.3 is 15.8 Å². The summed E-state index contributed by atoms with van der Waals surface area (Å²) in [6.07, 6.45) is 1.69. The summed E-state index contributed by atoms with van der Waals surface area (Å²) in [5.74, 6) is -0.380. The molecule has 0 aromatic heterocycles. The molecular formula is C10H16N2O2S. The first kappa shape index (κ1) is 13.6. The van der Waals surface area contributed by atoms with E-state index in [0.29, 0.717) is 11.3 Å². The Kier molecular flexibility index (Phi) is 6.37. The van der Waals surface area contributed by atoms with E-state index in [9.17, 15) is 4.79 Å². The lowest BCUT2D eigenvalue weighted by Gasteiger charge is -2.05. The number of esters is 1. The summed E-state index contributed by atoms with van der Waals surface area (Å²) >= 11 is 3.53. The molecular weight excluding hydrogens is 212 g/mol. The molecule has 0 aliphatic carbocycles. The molecule has 0 spiro atoms. The van der Waals surface area contributed by atoms with Crippen molar-refractivity contribution in [3.63, 3.8) is 0 Å². The molecule has 0 heterocycles. The Morgan fingerprint density at radius 1 is 1.47 bits per heavy atom. The zero-order valence-electron chi connectivity index (χ0n) is 9.07. The van der Waals surface area contributed by atoms with E-state index in [1.165, 1.54) is 7.11 Å². The number of anilines is 2. The molecule has 0 amide bonds. The minimum Gasteiger partial charge on any atom is -0.465 e. The predicted molar refractivity (Wildman–Crippen MR) is 66.7 cm³/mol. The Hall–Kier alpha value is -1.36. The van der Waals surface area contributed by atoms with Crippen molar-refractivity contribution in [3.8, 4) is 0 Å². The number of nitrogens with one attached hydrogen (secondary N) is 1. The van der Waals surface area contributed by atoms with E-state index >= 15 is 0 Å². The maximum atomic E-state index is 11.1. The highest BCUT2D eigenvalue weighted by Gasteiger charge is 2.06. The maximum Gasteiger partial charge on any atom is 0.337 e. The van der Waals surface area contributed by atoms with Gasteiger partial charge in [-0.15, -0.1) is 0 Å². The number of thiol groups is 1. The van der Waals surface area contributed by atoms with Crippen molar-refractivity contribution in [1.82, 2.24) is 0 Å². The number of rotatable bonds is 2. The first-order chi connectivity index (χ1) is 7.19. The summed E-state index contributed by atoms with van der Waals surface area (Å²) in [7, 11) is 3.11. The normalized spacial score (nSPS) is 8.53. The topological polar surface area (TPSA) is 64.3 Å². The summed E-state index contributed by atoms with van der Waals surface area (Å²) < 4.78 is 4.55. The number of hydrogen-bond acceptors (Lipinski definition) is 5. The van der Waals surface area contributed by atoms with E-state index in [0.717, 1.165) is 5.69 Å². The first-order valence-corrected chi connectivity index (χ1v) is 5.18. The second kappa shape index (κ2) is 7.00. The van der Waals surface area contributed by atoms with Crippen LogP contribution in [0.2, 0.25) is 0 Å². The SMILES string of the molecule is CNc1ccc(C(=O)OC)cc1N.CS. The second-order valence-electron chi connectivity index (χ2n) is 2.54. The number of hydrogen-bond donors (Lipinski definition) is 3. The van der Waals surface area contributed by atoms with Crippen molar-refractivity contribution >= 4 is 30.0 Å². The van der Waals surface area contributed by atoms with Crippen LogP contribution in [0.25, 0.3) is 0 Å². The van der Waals surface area contributed by atoms with Gasteiger partial charge in [0.15, 0.2) is 0 Å². The Bertz CT molecular complexity index is 329. The van der Waals surface area contributed by atoms with Crippen LogP contribution in [0.15, 0.2) is 18.2 Å². The molecule has 84 valence electrons. The monoisotopic (exact) mass is 228 g/mol. The molecule has 1 rings (SSSR count). The number of carbonyl (C=O) groups is 1. The van der Waals surface area contributed by atoms with Crippen LogP contribution >= 0.6 is 12.6 Å². The van der Waals surface area contributed by atoms with Crippen LogP contribution < -0.4 is 11.1 Å². The van der Waals surface area contributed by atoms with Gasteiger partial charge in [0.25, 0.3) is 0 Å². The lowest BCUT2D eigenvalue weighted by molar-refractivity contribution is 0.0601. The molecule has 0 fully saturated rings. The summed E-state index contributed by atoms with van der Waals surface area (Å²) in [5, 5.41) is 2.90. The van der Waals surface area contributed by atoms with Gasteiger partial charge in [0, 0.05) is 7.05 Å². The van der Waals surface area contributed by atoms with E-state index < -0.39 is 0 Å². The Morgan fingerprint density at radius 3 is 2.47 bits per heavy atom. The van der Waals surface area contributed by atoms with Gasteiger partial charge in [0.1, 0.15) is 0 Å². The van der Waals surface area contributed by atoms with E-state index in [-0.39, 0.29) is 5.97 Å². The molecule has 0 saturated carbocycles. The number of methoxy groups -OCH3 is 1. The van der Waals surface area contributed by atoms with Crippen LogP contribution in [0.3, 0.4) is 0 Å². The predicted octanol–water partition coefficient (Wildman–Crippen LogP) is 1.64. The van der Waals surface area contributed by atoms with Crippen molar-refractivity contribution in [2.45, 2.75) is 0 Å². The number of benzene rings is 1. The van der Waals surface area contributed by atoms with Crippen LogP contribution in [-0.4, -0.2) is 26.4 Å². The zero-order chi connectivity index (χ0) is 11.8. The fourth-order valence-corrected chi connectivity index (χ4v) is 1.04. The first-order valence-electron chi connectivity index (χ1n) is 4.29. The minimum absolute atomic E-state index is 0.380. The van der Waals surface area contributed by atoms with Gasteiger partial charge in [-0.05, 0) is 24.5 Å². The largest absolute Gasteiger partial charge is 0.465 e. The van der Waals surface area contributed by atoms with Gasteiger partial charge in [0.05, 0.1) is 24.0 Å². The summed E-state index contributed by atoms with van der Waals surface area (Å²) in [5.41, 5.74) is 7.44. The van der Waals surface area contributed by atoms with Crippen molar-refractivity contribution in [3.05, 3.63) is 23.8 Å². The zero-order valence-corrected chi connectivity index (χ0v) is 9.97. The summed E-state index contributed by atoms with van der Waals surface area (Å²) in [4.78, 5) is 11.1. The van der Waals surface area contributed by atoms with Gasteiger partial charge in [-0.3, -0.25) is 0 Å². The van der Waals surface area contributed by atoms with E-state index in [4.69, 9.17) is 5.73 Å². The molecule has 0 saturated heterocycles. The summed E-state index contributed by atoms with van der Waals surface area (Å²) in [6, 6.07) is 4.98. The second-order valence-corrected chi connectivity index (χ2v) is 2.54. The minimum atomic E-state index is -0.380. The quantitative estimate of drug-likeness (QED) is 0.409. The average molecular weight is 228 g/mol. The van der Waals surface area contributed by atoms with Crippen LogP contribution in [0.5, 0.6) is 0 Å². The molecule has 0 aliphatic rings. The molecule has 0 bridgehead atoms. The molecule has 1 aromatic rings. The number of ether oxygens (including phenoxy) is 1. The van der Waals surface area contributed by atoms with Gasteiger partial charge >= 0.3 is 5.97 Å². The van der Waals surface area contributed by atoms with Gasteiger partial charge in [-0.1, -0.05) is 0 Å². The highest BCUT2D eigenvalue weighted by atomic mass is 32.1. The molecule has 4 nitrogen and oxygen atoms in total. The highest BCUT2D eigenvalue weighted by Crippen LogP contribution is 2.19. The molecule has 5 heteroatoms. The van der Waals surface area contributed by atoms with Crippen molar-refractivity contribution in [1.29, 1.82) is 0 Å². The van der Waals surface area contributed by atoms with Gasteiger partial charge in [0.2, 0.25) is 0 Å². The van der Waals surface area contributed by atoms with Gasteiger partial charge in [-0.25, -0.2) is 4.79 Å². The fraction of sp³-hybridized carbons (Fsp3) is 0.300. The van der Waals surface area contributed by atoms with E-state index in [2.05, 4.69) is 22.7 Å². The standard InChI is InChI=1S/C9H12N2O2.CH4S/c1-11-8-4-3-6(5-7(8)10)9(12)13-2;1-2/h3-5,11H,10H2,1-2H3;2H,1H3. The molecule has 15 heavy (non-hydrogen) atoms. The van der Waals surface area contributed by atoms with Crippen molar-refractivity contribution < 1.29 is 9.53 Å². The Morgan fingerprint density at radius 2 is 2.07 bits per heavy atom. The molecule has 0 aliphatic heterocycles. The summed E-state index contributed by atoms with van der Waals surface area (Å²) in [6.45, 7) is 0. The number of carbonyl (C=O) groups excluding carboxylic acids is 1. The molecule has 0 unspecified atom stereocenters. The van der Waals surface area contributed by atoms with E-state index in [1.54, 1.807) is 31.5 Å². The Labute approximate surface area is 95.2 Å². The van der Waals surface area contributed by atoms with Gasteiger partial charge in [-0.2, -0.15) is 12.6 Å². The van der Waals surface area contributed by atoms with Crippen molar-refractivity contribution in [2.75, 3.05) is 31.5 Å². The smallest absolute Gasteiger partial charge is 0.337 e. The van der Waals surface area contributed by atoms with Crippen LogP contribution in [0.1, 0.15) is 10.4 Å². The van der Waals surface area contributed by atoms with Crippen LogP contribution in [0, 0.1) is 0 Å². The highest BCUT2D eigenvalue weighted by molar-refractivity contribution is 7.79. The maximum absolute atomic E-state index is 11.1. The van der Waals surface area contributed by atoms with E-state index in [1.807, 2.05) is 0 Å². The third-order valence-corrected chi connectivity index (χ3v) is 1.74. The van der Waals surface area contributed by atoms with Crippen LogP contribution in [0.4, 0.5) is 11.4 Å². The molecule has 1 aromatic carbocycles. The average Bonchev–Trinajstić information content (AvgIpc) is 2.30. The molecule has 0 atom stereocenters. The molecule has 3 N–H and O–H groups in total. The third kappa shape index (κ3) is 3.71. The van der Waals surface area contributed by atoms with Crippen LogP contribution in [-0.2, 0) is 4.74 Å². The lowest BCUT2D eigenvalue weighted by atomic mass is 10.2. The number of nitrogen functional groups attached to an aromatic ring is 1. The number of nitrogens with two attached hydrogens (primary N) is 1.